The molecule has 0 amide bonds. The second-order valence-electron chi connectivity index (χ2n) is 6.65. The molecule has 0 fully saturated rings. The molecule has 132 valence electrons. The van der Waals surface area contributed by atoms with E-state index >= 15 is 0 Å². The fourth-order valence-electron chi connectivity index (χ4n) is 3.61. The van der Waals surface area contributed by atoms with Crippen molar-refractivity contribution in [2.75, 3.05) is 7.11 Å². The summed E-state index contributed by atoms with van der Waals surface area (Å²) < 4.78 is 6.91. The lowest BCUT2D eigenvalue weighted by molar-refractivity contribution is -0.143. The minimum Gasteiger partial charge on any atom is -0.469 e. The maximum absolute atomic E-state index is 13.0. The molecule has 1 aromatic carbocycles. The standard InChI is InChI=1S/C21H25NO3/c1-3-4-7-15-8-5-9-16(14-15)20(23)19-12-11-18-17(21(24)25-2)10-6-13-22(18)19/h5,8-9,11-12,14,17H,3-4,6-7,10,13H2,1-2H3. The Morgan fingerprint density at radius 1 is 1.24 bits per heavy atom. The molecule has 1 aromatic heterocycles. The van der Waals surface area contributed by atoms with Gasteiger partial charge in [-0.25, -0.2) is 0 Å². The number of fused-ring (bicyclic) bond motifs is 1. The van der Waals surface area contributed by atoms with Crippen LogP contribution in [0.15, 0.2) is 36.4 Å². The number of ether oxygens (including phenoxy) is 1. The minimum absolute atomic E-state index is 0.0233. The van der Waals surface area contributed by atoms with Crippen molar-refractivity contribution in [1.82, 2.24) is 4.57 Å². The van der Waals surface area contributed by atoms with E-state index in [1.54, 1.807) is 0 Å². The van der Waals surface area contributed by atoms with Gasteiger partial charge in [0.05, 0.1) is 18.7 Å². The van der Waals surface area contributed by atoms with Gasteiger partial charge in [0.15, 0.2) is 0 Å². The van der Waals surface area contributed by atoms with Crippen LogP contribution in [0.5, 0.6) is 0 Å². The van der Waals surface area contributed by atoms with Gasteiger partial charge in [0.2, 0.25) is 5.78 Å². The average Bonchev–Trinajstić information content (AvgIpc) is 3.09. The van der Waals surface area contributed by atoms with Crippen molar-refractivity contribution in [1.29, 1.82) is 0 Å². The molecule has 0 radical (unpaired) electrons. The minimum atomic E-state index is -0.267. The topological polar surface area (TPSA) is 48.3 Å². The first-order chi connectivity index (χ1) is 12.2. The van der Waals surface area contributed by atoms with Crippen LogP contribution < -0.4 is 0 Å². The molecule has 1 unspecified atom stereocenters. The molecule has 1 aliphatic heterocycles. The third-order valence-corrected chi connectivity index (χ3v) is 4.97. The van der Waals surface area contributed by atoms with Gasteiger partial charge in [-0.3, -0.25) is 9.59 Å². The van der Waals surface area contributed by atoms with Crippen LogP contribution in [0.3, 0.4) is 0 Å². The third-order valence-electron chi connectivity index (χ3n) is 4.97. The Kier molecular flexibility index (Phi) is 5.37. The van der Waals surface area contributed by atoms with Gasteiger partial charge in [0, 0.05) is 17.8 Å². The zero-order valence-corrected chi connectivity index (χ0v) is 15.0. The Hall–Kier alpha value is -2.36. The van der Waals surface area contributed by atoms with Crippen LogP contribution in [0.25, 0.3) is 0 Å². The fraction of sp³-hybridized carbons (Fsp3) is 0.429. The number of aryl methyl sites for hydroxylation is 1. The van der Waals surface area contributed by atoms with E-state index in [9.17, 15) is 9.59 Å². The largest absolute Gasteiger partial charge is 0.469 e. The molecule has 1 aliphatic rings. The number of carbonyl (C=O) groups excluding carboxylic acids is 2. The SMILES string of the molecule is CCCCc1cccc(C(=O)c2ccc3n2CCCC3C(=O)OC)c1. The predicted molar refractivity (Wildman–Crippen MR) is 96.9 cm³/mol. The number of hydrogen-bond donors (Lipinski definition) is 0. The molecule has 25 heavy (non-hydrogen) atoms. The summed E-state index contributed by atoms with van der Waals surface area (Å²) in [6.45, 7) is 2.94. The van der Waals surface area contributed by atoms with Gasteiger partial charge in [-0.1, -0.05) is 31.5 Å². The van der Waals surface area contributed by atoms with Crippen LogP contribution in [0, 0.1) is 0 Å². The van der Waals surface area contributed by atoms with E-state index in [-0.39, 0.29) is 17.7 Å². The quantitative estimate of drug-likeness (QED) is 0.588. The molecule has 3 rings (SSSR count). The molecule has 2 aromatic rings. The van der Waals surface area contributed by atoms with Gasteiger partial charge in [0.25, 0.3) is 0 Å². The van der Waals surface area contributed by atoms with Gasteiger partial charge in [-0.15, -0.1) is 0 Å². The van der Waals surface area contributed by atoms with Gasteiger partial charge < -0.3 is 9.30 Å². The van der Waals surface area contributed by atoms with Gasteiger partial charge in [0.1, 0.15) is 0 Å². The number of ketones is 1. The van der Waals surface area contributed by atoms with Crippen LogP contribution in [0.1, 0.15) is 65.8 Å². The molecule has 0 bridgehead atoms. The van der Waals surface area contributed by atoms with Crippen molar-refractivity contribution in [2.24, 2.45) is 0 Å². The number of aromatic nitrogens is 1. The predicted octanol–water partition coefficient (Wildman–Crippen LogP) is 4.11. The Labute approximate surface area is 148 Å². The first-order valence-corrected chi connectivity index (χ1v) is 9.06. The fourth-order valence-corrected chi connectivity index (χ4v) is 3.61. The van der Waals surface area contributed by atoms with Crippen molar-refractivity contribution >= 4 is 11.8 Å². The van der Waals surface area contributed by atoms with Crippen LogP contribution in [-0.2, 0) is 22.5 Å². The normalized spacial score (nSPS) is 16.3. The Balaban J connectivity index is 1.89. The maximum atomic E-state index is 13.0. The lowest BCUT2D eigenvalue weighted by Gasteiger charge is -2.24. The molecule has 0 spiro atoms. The van der Waals surface area contributed by atoms with E-state index in [4.69, 9.17) is 4.74 Å². The lowest BCUT2D eigenvalue weighted by Crippen LogP contribution is -2.24. The second kappa shape index (κ2) is 7.68. The molecule has 0 saturated heterocycles. The van der Waals surface area contributed by atoms with Crippen molar-refractivity contribution in [2.45, 2.75) is 51.5 Å². The van der Waals surface area contributed by atoms with E-state index in [1.165, 1.54) is 12.7 Å². The molecule has 4 heteroatoms. The van der Waals surface area contributed by atoms with E-state index < -0.39 is 0 Å². The number of hydrogen-bond acceptors (Lipinski definition) is 3. The number of esters is 1. The van der Waals surface area contributed by atoms with E-state index in [0.29, 0.717) is 5.69 Å². The van der Waals surface area contributed by atoms with Crippen LogP contribution in [-0.4, -0.2) is 23.4 Å². The molecule has 1 atom stereocenters. The summed E-state index contributed by atoms with van der Waals surface area (Å²) >= 11 is 0. The number of methoxy groups -OCH3 is 1. The highest BCUT2D eigenvalue weighted by Gasteiger charge is 2.30. The van der Waals surface area contributed by atoms with Crippen LogP contribution in [0.2, 0.25) is 0 Å². The highest BCUT2D eigenvalue weighted by Crippen LogP contribution is 2.31. The highest BCUT2D eigenvalue weighted by molar-refractivity contribution is 6.08. The maximum Gasteiger partial charge on any atom is 0.314 e. The summed E-state index contributed by atoms with van der Waals surface area (Å²) in [5, 5.41) is 0. The van der Waals surface area contributed by atoms with E-state index in [0.717, 1.165) is 49.9 Å². The van der Waals surface area contributed by atoms with E-state index in [1.807, 2.05) is 34.9 Å². The number of benzene rings is 1. The van der Waals surface area contributed by atoms with Crippen molar-refractivity contribution in [3.05, 3.63) is 58.9 Å². The monoisotopic (exact) mass is 339 g/mol. The van der Waals surface area contributed by atoms with Crippen molar-refractivity contribution in [3.63, 3.8) is 0 Å². The molecule has 2 heterocycles. The molecule has 0 saturated carbocycles. The first-order valence-electron chi connectivity index (χ1n) is 9.06. The zero-order valence-electron chi connectivity index (χ0n) is 15.0. The van der Waals surface area contributed by atoms with Gasteiger partial charge in [-0.2, -0.15) is 0 Å². The summed E-state index contributed by atoms with van der Waals surface area (Å²) in [6.07, 6.45) is 4.90. The first kappa shape index (κ1) is 17.5. The van der Waals surface area contributed by atoms with Crippen molar-refractivity contribution in [3.8, 4) is 0 Å². The summed E-state index contributed by atoms with van der Waals surface area (Å²) in [7, 11) is 1.41. The average molecular weight is 339 g/mol. The number of carbonyl (C=O) groups is 2. The summed E-state index contributed by atoms with van der Waals surface area (Å²) in [5.74, 6) is -0.467. The Morgan fingerprint density at radius 2 is 2.08 bits per heavy atom. The number of unbranched alkanes of at least 4 members (excludes halogenated alkanes) is 1. The molecule has 4 nitrogen and oxygen atoms in total. The van der Waals surface area contributed by atoms with Crippen LogP contribution in [0.4, 0.5) is 0 Å². The van der Waals surface area contributed by atoms with Gasteiger partial charge in [-0.05, 0) is 49.4 Å². The molecule has 0 N–H and O–H groups in total. The van der Waals surface area contributed by atoms with E-state index in [2.05, 4.69) is 13.0 Å². The summed E-state index contributed by atoms with van der Waals surface area (Å²) in [4.78, 5) is 25.0. The lowest BCUT2D eigenvalue weighted by atomic mass is 9.96. The van der Waals surface area contributed by atoms with Crippen molar-refractivity contribution < 1.29 is 14.3 Å². The summed E-state index contributed by atoms with van der Waals surface area (Å²) in [5.41, 5.74) is 3.47. The third kappa shape index (κ3) is 3.53. The smallest absolute Gasteiger partial charge is 0.314 e. The molecular formula is C21H25NO3. The molecular weight excluding hydrogens is 314 g/mol. The highest BCUT2D eigenvalue weighted by atomic mass is 16.5. The number of rotatable bonds is 6. The second-order valence-corrected chi connectivity index (χ2v) is 6.65. The number of nitrogens with zero attached hydrogens (tertiary/aromatic N) is 1. The Bertz CT molecular complexity index is 775. The molecule has 0 aliphatic carbocycles. The Morgan fingerprint density at radius 3 is 2.84 bits per heavy atom. The summed E-state index contributed by atoms with van der Waals surface area (Å²) in [6, 6.07) is 11.6. The van der Waals surface area contributed by atoms with Gasteiger partial charge >= 0.3 is 5.97 Å². The van der Waals surface area contributed by atoms with Crippen LogP contribution >= 0.6 is 0 Å². The zero-order chi connectivity index (χ0) is 17.8.